The summed E-state index contributed by atoms with van der Waals surface area (Å²) in [6.45, 7) is 7.91. The Morgan fingerprint density at radius 1 is 1.03 bits per heavy atom. The molecule has 2 amide bonds. The van der Waals surface area contributed by atoms with Gasteiger partial charge in [0.2, 0.25) is 0 Å². The van der Waals surface area contributed by atoms with Crippen LogP contribution < -0.4 is 10.6 Å². The summed E-state index contributed by atoms with van der Waals surface area (Å²) in [7, 11) is 0. The first-order valence-electron chi connectivity index (χ1n) is 11.2. The quantitative estimate of drug-likeness (QED) is 0.330. The fraction of sp³-hybridized carbons (Fsp3) is 0.269. The summed E-state index contributed by atoms with van der Waals surface area (Å²) in [4.78, 5) is 32.9. The Kier molecular flexibility index (Phi) is 7.07. The number of hydrogen-bond acceptors (Lipinski definition) is 5. The first-order chi connectivity index (χ1) is 16.4. The second-order valence-electron chi connectivity index (χ2n) is 8.22. The molecule has 1 aromatic heterocycles. The van der Waals surface area contributed by atoms with Crippen LogP contribution >= 0.6 is 11.8 Å². The zero-order chi connectivity index (χ0) is 24.2. The summed E-state index contributed by atoms with van der Waals surface area (Å²) < 4.78 is 5.21. The van der Waals surface area contributed by atoms with Crippen molar-refractivity contribution in [1.29, 1.82) is 0 Å². The van der Waals surface area contributed by atoms with Crippen LogP contribution in [0.4, 0.5) is 4.79 Å². The van der Waals surface area contributed by atoms with Crippen molar-refractivity contribution < 1.29 is 14.3 Å². The highest BCUT2D eigenvalue weighted by Gasteiger charge is 2.30. The normalized spacial score (nSPS) is 15.6. The molecule has 0 spiro atoms. The number of rotatable bonds is 7. The summed E-state index contributed by atoms with van der Waals surface area (Å²) in [5.41, 5.74) is 7.16. The summed E-state index contributed by atoms with van der Waals surface area (Å²) in [5.74, 6) is -0.0710. The van der Waals surface area contributed by atoms with E-state index in [-0.39, 0.29) is 12.6 Å². The van der Waals surface area contributed by atoms with E-state index in [2.05, 4.69) is 78.0 Å². The summed E-state index contributed by atoms with van der Waals surface area (Å²) in [6.07, 6.45) is 0. The summed E-state index contributed by atoms with van der Waals surface area (Å²) in [6, 6.07) is 15.8. The molecular weight excluding hydrogens is 448 g/mol. The molecule has 3 N–H and O–H groups in total. The summed E-state index contributed by atoms with van der Waals surface area (Å²) in [5, 5.41) is 6.19. The van der Waals surface area contributed by atoms with Crippen molar-refractivity contribution >= 4 is 23.8 Å². The number of aryl methyl sites for hydroxylation is 2. The number of esters is 1. The molecule has 1 aliphatic rings. The monoisotopic (exact) mass is 476 g/mol. The molecule has 1 atom stereocenters. The molecule has 4 rings (SSSR count). The van der Waals surface area contributed by atoms with E-state index in [9.17, 15) is 9.59 Å². The second kappa shape index (κ2) is 10.2. The maximum atomic E-state index is 12.5. The maximum Gasteiger partial charge on any atom is 0.337 e. The van der Waals surface area contributed by atoms with E-state index in [1.165, 1.54) is 22.9 Å². The number of amides is 2. The van der Waals surface area contributed by atoms with E-state index in [1.54, 1.807) is 13.8 Å². The minimum absolute atomic E-state index is 0.265. The highest BCUT2D eigenvalue weighted by Crippen LogP contribution is 2.34. The van der Waals surface area contributed by atoms with E-state index in [1.807, 2.05) is 0 Å². The predicted octanol–water partition coefficient (Wildman–Crippen LogP) is 4.97. The smallest absolute Gasteiger partial charge is 0.337 e. The molecule has 7 nitrogen and oxygen atoms in total. The van der Waals surface area contributed by atoms with Gasteiger partial charge in [-0.1, -0.05) is 71.4 Å². The molecule has 3 aromatic rings. The number of carbonyl (C=O) groups excluding carboxylic acids is 2. The number of carbonyl (C=O) groups is 2. The fourth-order valence-corrected chi connectivity index (χ4v) is 4.64. The van der Waals surface area contributed by atoms with E-state index in [0.29, 0.717) is 22.2 Å². The van der Waals surface area contributed by atoms with Crippen molar-refractivity contribution in [3.63, 3.8) is 0 Å². The molecule has 0 radical (unpaired) electrons. The zero-order valence-electron chi connectivity index (χ0n) is 19.7. The Balaban J connectivity index is 1.68. The molecule has 1 aliphatic heterocycles. The molecule has 34 heavy (non-hydrogen) atoms. The molecule has 0 bridgehead atoms. The van der Waals surface area contributed by atoms with Crippen molar-refractivity contribution in [2.75, 3.05) is 12.4 Å². The molecule has 8 heteroatoms. The standard InChI is InChI=1S/C26H28N4O3S/c1-5-33-24(31)21-17(4)27-25(32)28-20(21)14-34-26-29-22(18-10-6-15(2)7-11-18)23(30-26)19-12-8-16(3)9-13-19/h6-13,17H,5,14H2,1-4H3,(H,29,30)(H2,27,28,32). The molecule has 1 unspecified atom stereocenters. The van der Waals surface area contributed by atoms with Crippen molar-refractivity contribution in [2.45, 2.75) is 38.9 Å². The van der Waals surface area contributed by atoms with E-state index < -0.39 is 12.0 Å². The average Bonchev–Trinajstić information content (AvgIpc) is 3.22. The lowest BCUT2D eigenvalue weighted by Crippen LogP contribution is -2.49. The number of nitrogens with zero attached hydrogens (tertiary/aromatic N) is 1. The van der Waals surface area contributed by atoms with E-state index >= 15 is 0 Å². The third-order valence-electron chi connectivity index (χ3n) is 5.57. The molecule has 0 fully saturated rings. The van der Waals surface area contributed by atoms with Crippen molar-refractivity contribution in [1.82, 2.24) is 20.6 Å². The minimum atomic E-state index is -0.439. The number of aromatic amines is 1. The van der Waals surface area contributed by atoms with Gasteiger partial charge in [0.1, 0.15) is 0 Å². The fourth-order valence-electron chi connectivity index (χ4n) is 3.80. The largest absolute Gasteiger partial charge is 0.463 e. The second-order valence-corrected chi connectivity index (χ2v) is 9.18. The first kappa shape index (κ1) is 23.6. The molecule has 0 saturated carbocycles. The Morgan fingerprint density at radius 3 is 2.26 bits per heavy atom. The van der Waals surface area contributed by atoms with Gasteiger partial charge >= 0.3 is 12.0 Å². The van der Waals surface area contributed by atoms with Gasteiger partial charge in [0.25, 0.3) is 0 Å². The van der Waals surface area contributed by atoms with Gasteiger partial charge in [-0.3, -0.25) is 0 Å². The topological polar surface area (TPSA) is 96.1 Å². The van der Waals surface area contributed by atoms with Crippen LogP contribution in [0.3, 0.4) is 0 Å². The van der Waals surface area contributed by atoms with Gasteiger partial charge in [-0.15, -0.1) is 0 Å². The zero-order valence-corrected chi connectivity index (χ0v) is 20.5. The Bertz CT molecular complexity index is 1170. The number of aromatic nitrogens is 2. The molecule has 2 heterocycles. The lowest BCUT2D eigenvalue weighted by atomic mass is 10.0. The number of benzene rings is 2. The molecular formula is C26H28N4O3S. The molecule has 2 aromatic carbocycles. The third-order valence-corrected chi connectivity index (χ3v) is 6.47. The molecule has 0 saturated heterocycles. The number of hydrogen-bond donors (Lipinski definition) is 3. The van der Waals surface area contributed by atoms with Gasteiger partial charge < -0.3 is 20.4 Å². The number of H-pyrrole nitrogens is 1. The van der Waals surface area contributed by atoms with Gasteiger partial charge in [0.15, 0.2) is 5.16 Å². The van der Waals surface area contributed by atoms with E-state index in [0.717, 1.165) is 22.5 Å². The molecule has 176 valence electrons. The Morgan fingerprint density at radius 2 is 1.65 bits per heavy atom. The SMILES string of the molecule is CCOC(=O)C1=C(CSc2nc(-c3ccc(C)cc3)c(-c3ccc(C)cc3)[nH]2)NC(=O)NC1C. The Hall–Kier alpha value is -3.52. The van der Waals surface area contributed by atoms with Crippen LogP contribution in [-0.4, -0.2) is 40.4 Å². The average molecular weight is 477 g/mol. The lowest BCUT2D eigenvalue weighted by molar-refractivity contribution is -0.138. The van der Waals surface area contributed by atoms with Crippen LogP contribution in [0.2, 0.25) is 0 Å². The lowest BCUT2D eigenvalue weighted by Gasteiger charge is -2.26. The van der Waals surface area contributed by atoms with Gasteiger partial charge in [0, 0.05) is 22.6 Å². The number of ether oxygens (including phenoxy) is 1. The number of imidazole rings is 1. The van der Waals surface area contributed by atoms with Crippen molar-refractivity contribution in [3.05, 3.63) is 70.9 Å². The van der Waals surface area contributed by atoms with Gasteiger partial charge in [-0.2, -0.15) is 0 Å². The van der Waals surface area contributed by atoms with Crippen LogP contribution in [0.5, 0.6) is 0 Å². The highest BCUT2D eigenvalue weighted by atomic mass is 32.2. The van der Waals surface area contributed by atoms with Crippen LogP contribution in [0.1, 0.15) is 25.0 Å². The molecule has 0 aliphatic carbocycles. The highest BCUT2D eigenvalue weighted by molar-refractivity contribution is 7.99. The van der Waals surface area contributed by atoms with Crippen molar-refractivity contribution in [2.24, 2.45) is 0 Å². The number of nitrogens with one attached hydrogen (secondary N) is 3. The van der Waals surface area contributed by atoms with Crippen molar-refractivity contribution in [3.8, 4) is 22.5 Å². The van der Waals surface area contributed by atoms with E-state index in [4.69, 9.17) is 9.72 Å². The first-order valence-corrected chi connectivity index (χ1v) is 12.2. The van der Waals surface area contributed by atoms with Crippen LogP contribution in [0.25, 0.3) is 22.5 Å². The predicted molar refractivity (Wildman–Crippen MR) is 134 cm³/mol. The summed E-state index contributed by atoms with van der Waals surface area (Å²) >= 11 is 1.43. The minimum Gasteiger partial charge on any atom is -0.463 e. The maximum absolute atomic E-state index is 12.5. The Labute approximate surface area is 203 Å². The number of thioether (sulfide) groups is 1. The van der Waals surface area contributed by atoms with Crippen LogP contribution in [0, 0.1) is 13.8 Å². The number of urea groups is 1. The van der Waals surface area contributed by atoms with Gasteiger partial charge in [-0.25, -0.2) is 14.6 Å². The van der Waals surface area contributed by atoms with Gasteiger partial charge in [-0.05, 0) is 27.7 Å². The third kappa shape index (κ3) is 5.17. The van der Waals surface area contributed by atoms with Crippen LogP contribution in [0.15, 0.2) is 65.0 Å². The van der Waals surface area contributed by atoms with Gasteiger partial charge in [0.05, 0.1) is 29.6 Å². The van der Waals surface area contributed by atoms with Crippen LogP contribution in [-0.2, 0) is 9.53 Å².